The maximum atomic E-state index is 11.9. The highest BCUT2D eigenvalue weighted by Gasteiger charge is 2.07. The van der Waals surface area contributed by atoms with Gasteiger partial charge in [0.2, 0.25) is 11.8 Å². The van der Waals surface area contributed by atoms with Crippen LogP contribution in [0.1, 0.15) is 0 Å². The summed E-state index contributed by atoms with van der Waals surface area (Å²) in [6, 6.07) is 19.2. The van der Waals surface area contributed by atoms with Crippen molar-refractivity contribution < 1.29 is 14.3 Å². The van der Waals surface area contributed by atoms with E-state index in [9.17, 15) is 9.59 Å². The van der Waals surface area contributed by atoms with E-state index in [0.29, 0.717) is 23.0 Å². The number of carbonyl (C=O) groups excluding carboxylic acids is 2. The lowest BCUT2D eigenvalue weighted by molar-refractivity contribution is -0.115. The number of amides is 3. The van der Waals surface area contributed by atoms with Gasteiger partial charge >= 0.3 is 6.03 Å². The average molecular weight is 441 g/mol. The highest BCUT2D eigenvalue weighted by atomic mass is 79.9. The smallest absolute Gasteiger partial charge is 0.319 e. The summed E-state index contributed by atoms with van der Waals surface area (Å²) in [5.74, 6) is 0.716. The average Bonchev–Trinajstić information content (AvgIpc) is 2.69. The molecule has 3 rings (SSSR count). The Balaban J connectivity index is 1.45. The summed E-state index contributed by atoms with van der Waals surface area (Å²) in [5.41, 5.74) is 1.14. The van der Waals surface area contributed by atoms with Crippen molar-refractivity contribution in [3.05, 3.63) is 77.4 Å². The third-order valence-corrected chi connectivity index (χ3v) is 3.97. The first-order valence-electron chi connectivity index (χ1n) is 8.38. The zero-order valence-corrected chi connectivity index (χ0v) is 16.3. The van der Waals surface area contributed by atoms with E-state index >= 15 is 0 Å². The van der Waals surface area contributed by atoms with E-state index in [2.05, 4.69) is 36.9 Å². The van der Waals surface area contributed by atoms with Crippen molar-refractivity contribution in [2.45, 2.75) is 0 Å². The molecule has 0 saturated carbocycles. The molecule has 0 saturated heterocycles. The fraction of sp³-hybridized carbons (Fsp3) is 0.0500. The zero-order chi connectivity index (χ0) is 19.8. The van der Waals surface area contributed by atoms with Crippen molar-refractivity contribution in [2.75, 3.05) is 17.2 Å². The van der Waals surface area contributed by atoms with Crippen molar-refractivity contribution in [3.8, 4) is 11.6 Å². The van der Waals surface area contributed by atoms with Gasteiger partial charge < -0.3 is 20.7 Å². The van der Waals surface area contributed by atoms with Gasteiger partial charge in [0.25, 0.3) is 0 Å². The topological polar surface area (TPSA) is 92.4 Å². The Labute approximate surface area is 170 Å². The molecule has 0 atom stereocenters. The molecule has 3 amide bonds. The lowest BCUT2D eigenvalue weighted by Crippen LogP contribution is -2.35. The quantitative estimate of drug-likeness (QED) is 0.529. The molecular weight excluding hydrogens is 424 g/mol. The Kier molecular flexibility index (Phi) is 6.59. The normalized spacial score (nSPS) is 10.0. The Bertz CT molecular complexity index is 949. The fourth-order valence-corrected chi connectivity index (χ4v) is 2.61. The molecule has 0 radical (unpaired) electrons. The second-order valence-electron chi connectivity index (χ2n) is 5.67. The number of urea groups is 1. The molecule has 0 bridgehead atoms. The first-order valence-corrected chi connectivity index (χ1v) is 9.17. The molecule has 3 aromatic rings. The van der Waals surface area contributed by atoms with Crippen LogP contribution in [-0.4, -0.2) is 23.5 Å². The number of rotatable bonds is 6. The minimum absolute atomic E-state index is 0.155. The molecule has 1 heterocycles. The van der Waals surface area contributed by atoms with E-state index in [1.807, 2.05) is 42.5 Å². The summed E-state index contributed by atoms with van der Waals surface area (Å²) in [7, 11) is 0. The maximum Gasteiger partial charge on any atom is 0.319 e. The number of pyridine rings is 1. The predicted molar refractivity (Wildman–Crippen MR) is 111 cm³/mol. The molecule has 0 aliphatic rings. The molecule has 0 aliphatic heterocycles. The number of anilines is 2. The van der Waals surface area contributed by atoms with Crippen molar-refractivity contribution in [1.29, 1.82) is 0 Å². The SMILES string of the molecule is O=C(CNC(=O)Nc1ccc(Oc2cccc(Br)c2)nc1)Nc1ccccc1. The first-order chi connectivity index (χ1) is 13.6. The minimum Gasteiger partial charge on any atom is -0.439 e. The van der Waals surface area contributed by atoms with Crippen LogP contribution >= 0.6 is 15.9 Å². The van der Waals surface area contributed by atoms with Gasteiger partial charge in [0.1, 0.15) is 5.75 Å². The Morgan fingerprint density at radius 3 is 2.46 bits per heavy atom. The number of hydrogen-bond acceptors (Lipinski definition) is 4. The Morgan fingerprint density at radius 2 is 1.75 bits per heavy atom. The van der Waals surface area contributed by atoms with E-state index in [-0.39, 0.29) is 12.5 Å². The van der Waals surface area contributed by atoms with Gasteiger partial charge in [-0.25, -0.2) is 9.78 Å². The summed E-state index contributed by atoms with van der Waals surface area (Å²) in [6.45, 7) is -0.155. The van der Waals surface area contributed by atoms with Gasteiger partial charge in [-0.3, -0.25) is 4.79 Å². The molecule has 1 aromatic heterocycles. The molecule has 7 nitrogen and oxygen atoms in total. The Hall–Kier alpha value is -3.39. The summed E-state index contributed by atoms with van der Waals surface area (Å²) in [6.07, 6.45) is 1.47. The van der Waals surface area contributed by atoms with Crippen molar-refractivity contribution in [3.63, 3.8) is 0 Å². The molecule has 28 heavy (non-hydrogen) atoms. The van der Waals surface area contributed by atoms with E-state index in [0.717, 1.165) is 4.47 Å². The van der Waals surface area contributed by atoms with Crippen LogP contribution in [0.2, 0.25) is 0 Å². The highest BCUT2D eigenvalue weighted by Crippen LogP contribution is 2.23. The second-order valence-corrected chi connectivity index (χ2v) is 6.58. The number of halogens is 1. The van der Waals surface area contributed by atoms with Gasteiger partial charge in [-0.05, 0) is 36.4 Å². The van der Waals surface area contributed by atoms with Crippen LogP contribution in [0.3, 0.4) is 0 Å². The number of hydrogen-bond donors (Lipinski definition) is 3. The summed E-state index contributed by atoms with van der Waals surface area (Å²) in [4.78, 5) is 27.9. The van der Waals surface area contributed by atoms with Crippen LogP contribution in [0.5, 0.6) is 11.6 Å². The van der Waals surface area contributed by atoms with Crippen molar-refractivity contribution >= 4 is 39.2 Å². The fourth-order valence-electron chi connectivity index (χ4n) is 2.23. The zero-order valence-electron chi connectivity index (χ0n) is 14.7. The molecule has 8 heteroatoms. The number of nitrogens with zero attached hydrogens (tertiary/aromatic N) is 1. The van der Waals surface area contributed by atoms with Crippen LogP contribution in [0.25, 0.3) is 0 Å². The number of para-hydroxylation sites is 1. The first kappa shape index (κ1) is 19.4. The van der Waals surface area contributed by atoms with Crippen LogP contribution in [0, 0.1) is 0 Å². The molecule has 3 N–H and O–H groups in total. The molecule has 142 valence electrons. The Morgan fingerprint density at radius 1 is 0.929 bits per heavy atom. The third kappa shape index (κ3) is 6.10. The van der Waals surface area contributed by atoms with Gasteiger partial charge in [-0.1, -0.05) is 40.2 Å². The number of nitrogens with one attached hydrogen (secondary N) is 3. The van der Waals surface area contributed by atoms with Gasteiger partial charge in [0.05, 0.1) is 18.4 Å². The third-order valence-electron chi connectivity index (χ3n) is 3.48. The van der Waals surface area contributed by atoms with Crippen LogP contribution in [0.15, 0.2) is 77.4 Å². The largest absolute Gasteiger partial charge is 0.439 e. The molecular formula is C20H17BrN4O3. The molecule has 0 fully saturated rings. The minimum atomic E-state index is -0.509. The summed E-state index contributed by atoms with van der Waals surface area (Å²) < 4.78 is 6.53. The number of ether oxygens (including phenoxy) is 1. The van der Waals surface area contributed by atoms with E-state index in [1.165, 1.54) is 6.20 Å². The van der Waals surface area contributed by atoms with E-state index < -0.39 is 6.03 Å². The summed E-state index contributed by atoms with van der Waals surface area (Å²) in [5, 5.41) is 7.77. The van der Waals surface area contributed by atoms with Gasteiger partial charge in [0.15, 0.2) is 0 Å². The monoisotopic (exact) mass is 440 g/mol. The van der Waals surface area contributed by atoms with Crippen molar-refractivity contribution in [2.24, 2.45) is 0 Å². The number of benzene rings is 2. The lowest BCUT2D eigenvalue weighted by Gasteiger charge is -2.09. The van der Waals surface area contributed by atoms with E-state index in [4.69, 9.17) is 4.74 Å². The van der Waals surface area contributed by atoms with Gasteiger partial charge in [-0.15, -0.1) is 0 Å². The standard InChI is InChI=1S/C20H17BrN4O3/c21-14-5-4-8-17(11-14)28-19-10-9-16(12-22-19)25-20(27)23-13-18(26)24-15-6-2-1-3-7-15/h1-12H,13H2,(H,24,26)(H2,23,25,27). The molecule has 2 aromatic carbocycles. The predicted octanol–water partition coefficient (Wildman–Crippen LogP) is 4.40. The van der Waals surface area contributed by atoms with Gasteiger partial charge in [-0.2, -0.15) is 0 Å². The van der Waals surface area contributed by atoms with Crippen LogP contribution < -0.4 is 20.7 Å². The lowest BCUT2D eigenvalue weighted by atomic mass is 10.3. The highest BCUT2D eigenvalue weighted by molar-refractivity contribution is 9.10. The maximum absolute atomic E-state index is 11.9. The van der Waals surface area contributed by atoms with Crippen LogP contribution in [-0.2, 0) is 4.79 Å². The molecule has 0 unspecified atom stereocenters. The van der Waals surface area contributed by atoms with Crippen LogP contribution in [0.4, 0.5) is 16.2 Å². The van der Waals surface area contributed by atoms with Crippen molar-refractivity contribution in [1.82, 2.24) is 10.3 Å². The second kappa shape index (κ2) is 9.52. The van der Waals surface area contributed by atoms with E-state index in [1.54, 1.807) is 24.3 Å². The molecule has 0 aliphatic carbocycles. The number of aromatic nitrogens is 1. The van der Waals surface area contributed by atoms with Gasteiger partial charge in [0, 0.05) is 16.2 Å². The molecule has 0 spiro atoms. The number of carbonyl (C=O) groups is 2. The summed E-state index contributed by atoms with van der Waals surface area (Å²) >= 11 is 3.37.